The number of nitrogens with zero attached hydrogens (tertiary/aromatic N) is 2. The fourth-order valence-corrected chi connectivity index (χ4v) is 2.68. The molecule has 100 valence electrons. The second-order valence-corrected chi connectivity index (χ2v) is 5.65. The van der Waals surface area contributed by atoms with E-state index < -0.39 is 0 Å². The third-order valence-electron chi connectivity index (χ3n) is 2.91. The van der Waals surface area contributed by atoms with Gasteiger partial charge in [0, 0.05) is 36.3 Å². The number of thiophene rings is 1. The molecule has 19 heavy (non-hydrogen) atoms. The number of carbonyl (C=O) groups excluding carboxylic acids is 1. The zero-order valence-corrected chi connectivity index (χ0v) is 12.1. The van der Waals surface area contributed by atoms with E-state index in [-0.39, 0.29) is 5.78 Å². The molecule has 0 atom stereocenters. The van der Waals surface area contributed by atoms with Crippen molar-refractivity contribution in [3.63, 3.8) is 0 Å². The van der Waals surface area contributed by atoms with Gasteiger partial charge in [-0.05, 0) is 42.9 Å². The highest BCUT2D eigenvalue weighted by atomic mass is 32.1. The van der Waals surface area contributed by atoms with Gasteiger partial charge in [0.1, 0.15) is 0 Å². The van der Waals surface area contributed by atoms with Crippen LogP contribution in [0.2, 0.25) is 0 Å². The first-order chi connectivity index (χ1) is 9.16. The Kier molecular flexibility index (Phi) is 4.68. The van der Waals surface area contributed by atoms with Gasteiger partial charge in [0.05, 0.1) is 0 Å². The van der Waals surface area contributed by atoms with Crippen molar-refractivity contribution in [3.05, 3.63) is 39.6 Å². The predicted octanol–water partition coefficient (Wildman–Crippen LogP) is 3.36. The molecule has 1 heterocycles. The van der Waals surface area contributed by atoms with Crippen molar-refractivity contribution in [3.8, 4) is 0 Å². The van der Waals surface area contributed by atoms with Crippen LogP contribution in [0, 0.1) is 0 Å². The van der Waals surface area contributed by atoms with Crippen LogP contribution >= 0.6 is 11.3 Å². The second kappa shape index (κ2) is 6.48. The van der Waals surface area contributed by atoms with E-state index in [4.69, 9.17) is 0 Å². The monoisotopic (exact) mass is 274 g/mol. The smallest absolute Gasteiger partial charge is 0.185 e. The maximum absolute atomic E-state index is 12.3. The summed E-state index contributed by atoms with van der Waals surface area (Å²) in [6.45, 7) is 0. The number of hydrogen-bond donors (Lipinski definition) is 0. The summed E-state index contributed by atoms with van der Waals surface area (Å²) in [6, 6.07) is 4.04. The molecule has 0 bridgehead atoms. The van der Waals surface area contributed by atoms with Crippen LogP contribution < -0.4 is 0 Å². The van der Waals surface area contributed by atoms with Crippen LogP contribution in [-0.4, -0.2) is 31.1 Å². The van der Waals surface area contributed by atoms with Crippen LogP contribution in [0.25, 0.3) is 6.08 Å². The molecule has 0 aliphatic heterocycles. The highest BCUT2D eigenvalue weighted by Gasteiger charge is 2.19. The van der Waals surface area contributed by atoms with E-state index in [9.17, 15) is 4.79 Å². The predicted molar refractivity (Wildman–Crippen MR) is 81.4 cm³/mol. The molecule has 3 nitrogen and oxygen atoms in total. The van der Waals surface area contributed by atoms with Crippen molar-refractivity contribution in [1.82, 2.24) is 5.01 Å². The van der Waals surface area contributed by atoms with Gasteiger partial charge >= 0.3 is 0 Å². The molecule has 0 N–H and O–H groups in total. The largest absolute Gasteiger partial charge is 0.303 e. The number of ketones is 1. The van der Waals surface area contributed by atoms with Gasteiger partial charge in [-0.25, -0.2) is 0 Å². The summed E-state index contributed by atoms with van der Waals surface area (Å²) in [5.41, 5.74) is 1.78. The zero-order chi connectivity index (χ0) is 13.7. The van der Waals surface area contributed by atoms with Crippen LogP contribution in [0.1, 0.15) is 24.1 Å². The SMILES string of the molecule is CN(C)N=CC=C1CCCC(=Cc2cccs2)C1=O. The molecule has 0 aromatic carbocycles. The second-order valence-electron chi connectivity index (χ2n) is 4.67. The van der Waals surface area contributed by atoms with Crippen molar-refractivity contribution >= 4 is 29.4 Å². The molecule has 0 amide bonds. The summed E-state index contributed by atoms with van der Waals surface area (Å²) in [7, 11) is 3.72. The summed E-state index contributed by atoms with van der Waals surface area (Å²) in [6.07, 6.45) is 8.30. The average molecular weight is 274 g/mol. The number of carbonyl (C=O) groups is 1. The van der Waals surface area contributed by atoms with Crippen LogP contribution in [0.15, 0.2) is 39.8 Å². The number of rotatable bonds is 3. The van der Waals surface area contributed by atoms with Gasteiger partial charge in [0.15, 0.2) is 5.78 Å². The third-order valence-corrected chi connectivity index (χ3v) is 3.73. The van der Waals surface area contributed by atoms with Gasteiger partial charge in [-0.3, -0.25) is 4.79 Å². The molecule has 1 aliphatic rings. The molecule has 0 spiro atoms. The summed E-state index contributed by atoms with van der Waals surface area (Å²) in [5, 5.41) is 7.86. The minimum atomic E-state index is 0.171. The summed E-state index contributed by atoms with van der Waals surface area (Å²) in [5.74, 6) is 0.171. The highest BCUT2D eigenvalue weighted by molar-refractivity contribution is 7.10. The van der Waals surface area contributed by atoms with Crippen molar-refractivity contribution in [2.75, 3.05) is 14.1 Å². The highest BCUT2D eigenvalue weighted by Crippen LogP contribution is 2.27. The van der Waals surface area contributed by atoms with Gasteiger partial charge in [0.2, 0.25) is 0 Å². The molecule has 1 saturated carbocycles. The van der Waals surface area contributed by atoms with E-state index in [1.54, 1.807) is 22.6 Å². The van der Waals surface area contributed by atoms with Crippen molar-refractivity contribution < 1.29 is 4.79 Å². The van der Waals surface area contributed by atoms with Crippen LogP contribution in [0.5, 0.6) is 0 Å². The first-order valence-electron chi connectivity index (χ1n) is 6.36. The summed E-state index contributed by atoms with van der Waals surface area (Å²) in [4.78, 5) is 13.5. The number of hydrazone groups is 1. The first kappa shape index (κ1) is 13.7. The number of hydrogen-bond acceptors (Lipinski definition) is 4. The molecule has 1 aliphatic carbocycles. The topological polar surface area (TPSA) is 32.7 Å². The maximum atomic E-state index is 12.3. The number of allylic oxidation sites excluding steroid dienone is 3. The van der Waals surface area contributed by atoms with Crippen molar-refractivity contribution in [1.29, 1.82) is 0 Å². The van der Waals surface area contributed by atoms with E-state index in [0.29, 0.717) is 0 Å². The van der Waals surface area contributed by atoms with Gasteiger partial charge in [-0.15, -0.1) is 11.3 Å². The Labute approximate surface area is 117 Å². The van der Waals surface area contributed by atoms with E-state index in [2.05, 4.69) is 5.10 Å². The van der Waals surface area contributed by atoms with Gasteiger partial charge in [-0.2, -0.15) is 5.10 Å². The van der Waals surface area contributed by atoms with Gasteiger partial charge in [-0.1, -0.05) is 6.07 Å². The Hall–Kier alpha value is -1.68. The van der Waals surface area contributed by atoms with E-state index >= 15 is 0 Å². The Bertz CT molecular complexity index is 524. The van der Waals surface area contributed by atoms with Gasteiger partial charge in [0.25, 0.3) is 0 Å². The van der Waals surface area contributed by atoms with Crippen LogP contribution in [-0.2, 0) is 4.79 Å². The number of Topliss-reactive ketones (excluding diaryl/α,β-unsaturated/α-hetero) is 1. The molecule has 0 radical (unpaired) electrons. The molecule has 1 aromatic heterocycles. The normalized spacial score (nSPS) is 20.6. The summed E-state index contributed by atoms with van der Waals surface area (Å²) >= 11 is 1.66. The molecule has 2 rings (SSSR count). The Morgan fingerprint density at radius 2 is 2.11 bits per heavy atom. The van der Waals surface area contributed by atoms with E-state index in [1.165, 1.54) is 0 Å². The van der Waals surface area contributed by atoms with Crippen molar-refractivity contribution in [2.24, 2.45) is 5.10 Å². The quantitative estimate of drug-likeness (QED) is 0.481. The van der Waals surface area contributed by atoms with Crippen LogP contribution in [0.3, 0.4) is 0 Å². The maximum Gasteiger partial charge on any atom is 0.185 e. The molecule has 1 aromatic rings. The lowest BCUT2D eigenvalue weighted by atomic mass is 9.88. The Morgan fingerprint density at radius 1 is 1.32 bits per heavy atom. The fourth-order valence-electron chi connectivity index (χ4n) is 2.00. The molecule has 0 saturated heterocycles. The lowest BCUT2D eigenvalue weighted by Crippen LogP contribution is -2.12. The lowest BCUT2D eigenvalue weighted by molar-refractivity contribution is -0.112. The van der Waals surface area contributed by atoms with Gasteiger partial charge < -0.3 is 5.01 Å². The van der Waals surface area contributed by atoms with Crippen molar-refractivity contribution in [2.45, 2.75) is 19.3 Å². The Balaban J connectivity index is 2.15. The summed E-state index contributed by atoms with van der Waals surface area (Å²) < 4.78 is 0. The molecular weight excluding hydrogens is 256 g/mol. The lowest BCUT2D eigenvalue weighted by Gasteiger charge is -2.15. The minimum Gasteiger partial charge on any atom is -0.303 e. The standard InChI is InChI=1S/C15H18N2OS/c1-17(2)16-9-8-12-5-3-6-13(15(12)18)11-14-7-4-10-19-14/h4,7-11H,3,5-6H2,1-2H3. The molecule has 4 heteroatoms. The Morgan fingerprint density at radius 3 is 2.79 bits per heavy atom. The minimum absolute atomic E-state index is 0.171. The van der Waals surface area contributed by atoms with E-state index in [1.807, 2.05) is 43.8 Å². The zero-order valence-electron chi connectivity index (χ0n) is 11.3. The molecule has 0 unspecified atom stereocenters. The third kappa shape index (κ3) is 3.89. The average Bonchev–Trinajstić information content (AvgIpc) is 2.86. The van der Waals surface area contributed by atoms with Crippen LogP contribution in [0.4, 0.5) is 0 Å². The molecular formula is C15H18N2OS. The first-order valence-corrected chi connectivity index (χ1v) is 7.24. The fraction of sp³-hybridized carbons (Fsp3) is 0.333. The van der Waals surface area contributed by atoms with E-state index in [0.717, 1.165) is 35.3 Å². The molecule has 1 fully saturated rings.